The van der Waals surface area contributed by atoms with E-state index in [-0.39, 0.29) is 5.16 Å². The maximum absolute atomic E-state index is 12.4. The van der Waals surface area contributed by atoms with Gasteiger partial charge in [-0.1, -0.05) is 175 Å². The molecule has 0 heterocycles. The van der Waals surface area contributed by atoms with Crippen molar-refractivity contribution in [2.45, 2.75) is 70.5 Å². The zero-order chi connectivity index (χ0) is 34.6. The zero-order valence-corrected chi connectivity index (χ0v) is 30.6. The van der Waals surface area contributed by atoms with E-state index in [1.165, 1.54) is 51.8 Å². The number of nitrogens with zero attached hydrogens (tertiary/aromatic N) is 1. The smallest absolute Gasteiger partial charge is 0.123 e. The van der Waals surface area contributed by atoms with Crippen LogP contribution >= 0.6 is 8.58 Å². The van der Waals surface area contributed by atoms with Gasteiger partial charge in [-0.2, -0.15) is 0 Å². The lowest BCUT2D eigenvalue weighted by Gasteiger charge is -2.37. The first-order valence-electron chi connectivity index (χ1n) is 18.3. The SMILES string of the molecule is CCCCCC(CC)(Pc1ccccc1CN(c1ccccc1)c1ccccc1)c1cc(Cc2ccccc2)cc(Cc2ccccc2)c1O. The third kappa shape index (κ3) is 8.73. The molecule has 2 atom stereocenters. The van der Waals surface area contributed by atoms with Gasteiger partial charge in [-0.15, -0.1) is 0 Å². The Labute approximate surface area is 301 Å². The molecular weight excluding hydrogens is 625 g/mol. The molecule has 0 aromatic heterocycles. The van der Waals surface area contributed by atoms with Crippen LogP contribution < -0.4 is 10.2 Å². The molecule has 6 aromatic rings. The third-order valence-electron chi connectivity index (χ3n) is 9.92. The fraction of sp³-hybridized carbons (Fsp3) is 0.234. The first kappa shape index (κ1) is 35.2. The van der Waals surface area contributed by atoms with Gasteiger partial charge >= 0.3 is 0 Å². The Balaban J connectivity index is 1.44. The van der Waals surface area contributed by atoms with Gasteiger partial charge in [0.25, 0.3) is 0 Å². The molecule has 2 unspecified atom stereocenters. The molecule has 0 saturated heterocycles. The monoisotopic (exact) mass is 675 g/mol. The van der Waals surface area contributed by atoms with Crippen LogP contribution in [0.15, 0.2) is 158 Å². The fourth-order valence-electron chi connectivity index (χ4n) is 7.16. The molecule has 2 nitrogen and oxygen atoms in total. The Kier molecular flexibility index (Phi) is 12.2. The maximum Gasteiger partial charge on any atom is 0.123 e. The van der Waals surface area contributed by atoms with Crippen LogP contribution in [0.2, 0.25) is 0 Å². The molecule has 0 aliphatic rings. The number of hydrogen-bond acceptors (Lipinski definition) is 2. The van der Waals surface area contributed by atoms with Crippen LogP contribution in [0.1, 0.15) is 79.3 Å². The van der Waals surface area contributed by atoms with Gasteiger partial charge in [0.15, 0.2) is 0 Å². The normalized spacial score (nSPS) is 12.6. The molecular formula is C47H50NOP. The molecule has 0 saturated carbocycles. The maximum atomic E-state index is 12.4. The second-order valence-corrected chi connectivity index (χ2v) is 15.2. The summed E-state index contributed by atoms with van der Waals surface area (Å²) in [6.45, 7) is 5.39. The minimum atomic E-state index is -0.197. The van der Waals surface area contributed by atoms with Crippen molar-refractivity contribution in [2.24, 2.45) is 0 Å². The van der Waals surface area contributed by atoms with E-state index in [4.69, 9.17) is 0 Å². The average molecular weight is 676 g/mol. The van der Waals surface area contributed by atoms with Gasteiger partial charge in [0.05, 0.1) is 0 Å². The lowest BCUT2D eigenvalue weighted by atomic mass is 9.85. The summed E-state index contributed by atoms with van der Waals surface area (Å²) in [6, 6.07) is 56.4. The highest BCUT2D eigenvalue weighted by atomic mass is 31.1. The Hall–Kier alpha value is -4.65. The van der Waals surface area contributed by atoms with Crippen molar-refractivity contribution in [2.75, 3.05) is 4.90 Å². The van der Waals surface area contributed by atoms with Gasteiger partial charge in [-0.05, 0) is 76.6 Å². The molecule has 0 aliphatic carbocycles. The van der Waals surface area contributed by atoms with Crippen LogP contribution in [0.3, 0.4) is 0 Å². The second kappa shape index (κ2) is 17.3. The highest BCUT2D eigenvalue weighted by molar-refractivity contribution is 7.48. The van der Waals surface area contributed by atoms with Gasteiger partial charge in [0, 0.05) is 35.1 Å². The molecule has 6 aromatic carbocycles. The molecule has 254 valence electrons. The molecule has 3 heteroatoms. The van der Waals surface area contributed by atoms with E-state index in [0.29, 0.717) is 20.8 Å². The van der Waals surface area contributed by atoms with Crippen LogP contribution in [0, 0.1) is 0 Å². The largest absolute Gasteiger partial charge is 0.507 e. The van der Waals surface area contributed by atoms with E-state index in [0.717, 1.165) is 43.4 Å². The van der Waals surface area contributed by atoms with Crippen LogP contribution in [-0.4, -0.2) is 5.11 Å². The first-order valence-corrected chi connectivity index (χ1v) is 19.3. The van der Waals surface area contributed by atoms with E-state index in [1.54, 1.807) is 0 Å². The summed E-state index contributed by atoms with van der Waals surface area (Å²) < 4.78 is 0. The average Bonchev–Trinajstić information content (AvgIpc) is 3.17. The van der Waals surface area contributed by atoms with Crippen molar-refractivity contribution in [1.82, 2.24) is 0 Å². The molecule has 0 aliphatic heterocycles. The van der Waals surface area contributed by atoms with Gasteiger partial charge in [0.1, 0.15) is 5.75 Å². The third-order valence-corrected chi connectivity index (χ3v) is 12.0. The van der Waals surface area contributed by atoms with E-state index < -0.39 is 0 Å². The summed E-state index contributed by atoms with van der Waals surface area (Å²) >= 11 is 0. The number of rotatable bonds is 16. The van der Waals surface area contributed by atoms with Gasteiger partial charge in [-0.3, -0.25) is 0 Å². The highest BCUT2D eigenvalue weighted by Gasteiger charge is 2.35. The Bertz CT molecular complexity index is 1870. The number of para-hydroxylation sites is 2. The van der Waals surface area contributed by atoms with Crippen molar-refractivity contribution in [1.29, 1.82) is 0 Å². The molecule has 6 rings (SSSR count). The predicted molar refractivity (Wildman–Crippen MR) is 216 cm³/mol. The predicted octanol–water partition coefficient (Wildman–Crippen LogP) is 12.1. The lowest BCUT2D eigenvalue weighted by Crippen LogP contribution is -2.26. The fourth-order valence-corrected chi connectivity index (χ4v) is 8.98. The van der Waals surface area contributed by atoms with Crippen molar-refractivity contribution < 1.29 is 5.11 Å². The number of anilines is 2. The first-order chi connectivity index (χ1) is 24.6. The van der Waals surface area contributed by atoms with Gasteiger partial charge in [0.2, 0.25) is 0 Å². The van der Waals surface area contributed by atoms with Crippen molar-refractivity contribution in [3.63, 3.8) is 0 Å². The molecule has 0 radical (unpaired) electrons. The summed E-state index contributed by atoms with van der Waals surface area (Å²) in [5, 5.41) is 13.5. The van der Waals surface area contributed by atoms with E-state index in [1.807, 2.05) is 0 Å². The topological polar surface area (TPSA) is 23.5 Å². The van der Waals surface area contributed by atoms with Crippen LogP contribution in [-0.2, 0) is 24.5 Å². The molecule has 0 spiro atoms. The zero-order valence-electron chi connectivity index (χ0n) is 29.6. The standard InChI is InChI=1S/C47H50NOP/c1-3-5-20-31-47(4-2,44-35-39(32-37-21-10-6-11-22-37)34-41(46(44)49)33-38-23-12-7-13-24-38)50-45-30-19-18-25-40(45)36-48(42-26-14-8-15-27-42)43-28-16-9-17-29-43/h6-19,21-30,34-35,49-50H,3-5,20,31-33,36H2,1-2H3. The van der Waals surface area contributed by atoms with E-state index in [9.17, 15) is 5.11 Å². The van der Waals surface area contributed by atoms with Crippen molar-refractivity contribution in [3.8, 4) is 5.75 Å². The van der Waals surface area contributed by atoms with Crippen molar-refractivity contribution in [3.05, 3.63) is 191 Å². The van der Waals surface area contributed by atoms with Crippen LogP contribution in [0.4, 0.5) is 11.4 Å². The van der Waals surface area contributed by atoms with Gasteiger partial charge < -0.3 is 10.0 Å². The van der Waals surface area contributed by atoms with Crippen molar-refractivity contribution >= 4 is 25.3 Å². The highest BCUT2D eigenvalue weighted by Crippen LogP contribution is 2.52. The minimum Gasteiger partial charge on any atom is -0.507 e. The molecule has 50 heavy (non-hydrogen) atoms. The molecule has 0 fully saturated rings. The number of phenols is 1. The summed E-state index contributed by atoms with van der Waals surface area (Å²) in [5.41, 5.74) is 9.59. The van der Waals surface area contributed by atoms with Crippen LogP contribution in [0.5, 0.6) is 5.75 Å². The summed E-state index contributed by atoms with van der Waals surface area (Å²) in [5.74, 6) is 0.476. The number of aromatic hydroxyl groups is 1. The minimum absolute atomic E-state index is 0.197. The molecule has 0 amide bonds. The number of hydrogen-bond donors (Lipinski definition) is 1. The van der Waals surface area contributed by atoms with E-state index >= 15 is 0 Å². The summed E-state index contributed by atoms with van der Waals surface area (Å²) in [4.78, 5) is 2.42. The Morgan fingerprint density at radius 2 is 1.10 bits per heavy atom. The summed E-state index contributed by atoms with van der Waals surface area (Å²) in [6.07, 6.45) is 7.03. The number of benzene rings is 6. The second-order valence-electron chi connectivity index (χ2n) is 13.4. The number of phenolic OH excluding ortho intramolecular Hbond substituents is 1. The molecule has 1 N–H and O–H groups in total. The number of unbranched alkanes of at least 4 members (excludes halogenated alkanes) is 2. The van der Waals surface area contributed by atoms with Crippen LogP contribution in [0.25, 0.3) is 0 Å². The Morgan fingerprint density at radius 1 is 0.560 bits per heavy atom. The van der Waals surface area contributed by atoms with Gasteiger partial charge in [-0.25, -0.2) is 0 Å². The Morgan fingerprint density at radius 3 is 1.68 bits per heavy atom. The van der Waals surface area contributed by atoms with E-state index in [2.05, 4.69) is 176 Å². The molecule has 0 bridgehead atoms. The lowest BCUT2D eigenvalue weighted by molar-refractivity contribution is 0.432. The summed E-state index contributed by atoms with van der Waals surface area (Å²) in [7, 11) is 0.507. The quantitative estimate of drug-likeness (QED) is 0.0815.